The van der Waals surface area contributed by atoms with Gasteiger partial charge in [-0.2, -0.15) is 0 Å². The van der Waals surface area contributed by atoms with Crippen molar-refractivity contribution < 1.29 is 19.0 Å². The highest BCUT2D eigenvalue weighted by Crippen LogP contribution is 2.26. The smallest absolute Gasteiger partial charge is 0.261 e. The first kappa shape index (κ1) is 26.5. The molecule has 0 bridgehead atoms. The second-order valence-electron chi connectivity index (χ2n) is 9.08. The molecule has 1 amide bonds. The Bertz CT molecular complexity index is 1130. The number of hydrogen-bond donors (Lipinski definition) is 2. The van der Waals surface area contributed by atoms with Crippen LogP contribution in [-0.2, 0) is 0 Å². The van der Waals surface area contributed by atoms with Crippen LogP contribution in [0.1, 0.15) is 48.9 Å². The molecule has 4 rings (SSSR count). The molecule has 2 N–H and O–H groups in total. The van der Waals surface area contributed by atoms with Gasteiger partial charge in [-0.1, -0.05) is 62.4 Å². The molecule has 7 heteroatoms. The van der Waals surface area contributed by atoms with E-state index in [0.717, 1.165) is 36.1 Å². The van der Waals surface area contributed by atoms with Crippen molar-refractivity contribution in [3.05, 3.63) is 84.4 Å². The van der Waals surface area contributed by atoms with Crippen LogP contribution in [0.3, 0.4) is 0 Å². The van der Waals surface area contributed by atoms with Gasteiger partial charge in [-0.15, -0.1) is 0 Å². The Hall–Kier alpha value is -3.58. The topological polar surface area (TPSA) is 68.8 Å². The van der Waals surface area contributed by atoms with E-state index in [1.807, 2.05) is 60.7 Å². The molecule has 0 unspecified atom stereocenters. The number of rotatable bonds is 11. The number of thiocarbonyl (C=S) groups is 1. The second-order valence-corrected chi connectivity index (χ2v) is 9.49. The Kier molecular flexibility index (Phi) is 10.2. The zero-order valence-electron chi connectivity index (χ0n) is 21.0. The average molecular weight is 519 g/mol. The van der Waals surface area contributed by atoms with Gasteiger partial charge in [-0.3, -0.25) is 10.1 Å². The van der Waals surface area contributed by atoms with Crippen LogP contribution in [0.4, 0.5) is 5.69 Å². The highest BCUT2D eigenvalue weighted by atomic mass is 32.1. The lowest BCUT2D eigenvalue weighted by Crippen LogP contribution is -2.34. The molecule has 0 atom stereocenters. The number of para-hydroxylation sites is 2. The molecular weight excluding hydrogens is 484 g/mol. The Morgan fingerprint density at radius 1 is 0.757 bits per heavy atom. The van der Waals surface area contributed by atoms with Crippen LogP contribution in [0.25, 0.3) is 0 Å². The van der Waals surface area contributed by atoms with E-state index in [1.54, 1.807) is 18.2 Å². The van der Waals surface area contributed by atoms with Crippen molar-refractivity contribution in [3.8, 4) is 17.2 Å². The quantitative estimate of drug-likeness (QED) is 0.220. The molecule has 3 aromatic carbocycles. The zero-order chi connectivity index (χ0) is 25.7. The van der Waals surface area contributed by atoms with Crippen molar-refractivity contribution in [3.63, 3.8) is 0 Å². The summed E-state index contributed by atoms with van der Waals surface area (Å²) in [5, 5.41) is 5.98. The van der Waals surface area contributed by atoms with E-state index in [-0.39, 0.29) is 11.0 Å². The first-order valence-corrected chi connectivity index (χ1v) is 13.3. The molecule has 6 nitrogen and oxygen atoms in total. The minimum absolute atomic E-state index is 0.207. The van der Waals surface area contributed by atoms with Gasteiger partial charge in [-0.05, 0) is 73.1 Å². The number of nitrogens with one attached hydrogen (secondary N) is 2. The first-order valence-electron chi connectivity index (χ1n) is 12.9. The second kappa shape index (κ2) is 14.2. The summed E-state index contributed by atoms with van der Waals surface area (Å²) in [5.41, 5.74) is 1.17. The Balaban J connectivity index is 1.20. The number of amides is 1. The van der Waals surface area contributed by atoms with Crippen molar-refractivity contribution in [2.75, 3.05) is 25.1 Å². The minimum Gasteiger partial charge on any atom is -0.494 e. The van der Waals surface area contributed by atoms with E-state index in [2.05, 4.69) is 10.6 Å². The van der Waals surface area contributed by atoms with Crippen LogP contribution in [-0.4, -0.2) is 30.8 Å². The van der Waals surface area contributed by atoms with Crippen LogP contribution in [0.5, 0.6) is 17.2 Å². The van der Waals surface area contributed by atoms with Gasteiger partial charge < -0.3 is 19.5 Å². The van der Waals surface area contributed by atoms with Gasteiger partial charge in [0, 0.05) is 5.69 Å². The molecule has 194 valence electrons. The summed E-state index contributed by atoms with van der Waals surface area (Å²) in [6, 6.07) is 24.2. The Morgan fingerprint density at radius 3 is 2.19 bits per heavy atom. The third kappa shape index (κ3) is 8.79. The molecule has 0 saturated heterocycles. The fourth-order valence-corrected chi connectivity index (χ4v) is 4.61. The third-order valence-electron chi connectivity index (χ3n) is 6.34. The van der Waals surface area contributed by atoms with E-state index in [1.165, 1.54) is 32.1 Å². The number of ether oxygens (including phenoxy) is 3. The predicted octanol–water partition coefficient (Wildman–Crippen LogP) is 6.62. The van der Waals surface area contributed by atoms with Gasteiger partial charge in [0.05, 0.1) is 12.2 Å². The maximum atomic E-state index is 12.9. The van der Waals surface area contributed by atoms with Crippen molar-refractivity contribution in [1.82, 2.24) is 5.32 Å². The molecule has 0 spiro atoms. The van der Waals surface area contributed by atoms with E-state index < -0.39 is 0 Å². The monoisotopic (exact) mass is 518 g/mol. The normalized spacial score (nSPS) is 13.4. The molecule has 0 aromatic heterocycles. The van der Waals surface area contributed by atoms with Crippen LogP contribution in [0.15, 0.2) is 78.9 Å². The Labute approximate surface area is 224 Å². The number of carbonyl (C=O) groups excluding carboxylic acids is 1. The van der Waals surface area contributed by atoms with E-state index in [4.69, 9.17) is 26.4 Å². The summed E-state index contributed by atoms with van der Waals surface area (Å²) in [4.78, 5) is 12.9. The van der Waals surface area contributed by atoms with Crippen LogP contribution in [0, 0.1) is 5.92 Å². The van der Waals surface area contributed by atoms with Crippen molar-refractivity contribution in [2.24, 2.45) is 5.92 Å². The predicted molar refractivity (Wildman–Crippen MR) is 151 cm³/mol. The van der Waals surface area contributed by atoms with Crippen LogP contribution >= 0.6 is 12.2 Å². The molecule has 37 heavy (non-hydrogen) atoms. The van der Waals surface area contributed by atoms with Crippen LogP contribution < -0.4 is 24.8 Å². The van der Waals surface area contributed by atoms with Crippen molar-refractivity contribution in [1.29, 1.82) is 0 Å². The van der Waals surface area contributed by atoms with E-state index >= 15 is 0 Å². The molecule has 1 aliphatic carbocycles. The zero-order valence-corrected chi connectivity index (χ0v) is 21.8. The van der Waals surface area contributed by atoms with E-state index in [9.17, 15) is 4.79 Å². The number of anilines is 1. The summed E-state index contributed by atoms with van der Waals surface area (Å²) in [7, 11) is 0. The van der Waals surface area contributed by atoms with Gasteiger partial charge in [0.25, 0.3) is 5.91 Å². The standard InChI is InChI=1S/C30H34N2O4S/c33-29(27-13-7-8-14-28(27)36-22-21-35-25-11-5-2-6-12-25)32-30(37)31-24-15-17-26(18-16-24)34-20-19-23-9-3-1-4-10-23/h2,5-8,11-18,23H,1,3-4,9-10,19-22H2,(H2,31,32,33,37). The number of benzene rings is 3. The molecule has 0 heterocycles. The van der Waals surface area contributed by atoms with E-state index in [0.29, 0.717) is 24.5 Å². The average Bonchev–Trinajstić information content (AvgIpc) is 2.93. The Morgan fingerprint density at radius 2 is 1.41 bits per heavy atom. The molecule has 1 aliphatic rings. The van der Waals surface area contributed by atoms with Gasteiger partial charge in [-0.25, -0.2) is 0 Å². The molecule has 1 fully saturated rings. The summed E-state index contributed by atoms with van der Waals surface area (Å²) in [6.07, 6.45) is 7.84. The fourth-order valence-electron chi connectivity index (χ4n) is 4.39. The maximum Gasteiger partial charge on any atom is 0.261 e. The SMILES string of the molecule is O=C(NC(=S)Nc1ccc(OCCC2CCCCC2)cc1)c1ccccc1OCCOc1ccccc1. The summed E-state index contributed by atoms with van der Waals surface area (Å²) in [5.74, 6) is 2.52. The van der Waals surface area contributed by atoms with Crippen molar-refractivity contribution >= 4 is 28.9 Å². The summed E-state index contributed by atoms with van der Waals surface area (Å²) < 4.78 is 17.4. The van der Waals surface area contributed by atoms with Crippen LogP contribution in [0.2, 0.25) is 0 Å². The lowest BCUT2D eigenvalue weighted by atomic mass is 9.87. The van der Waals surface area contributed by atoms with Gasteiger partial charge in [0.15, 0.2) is 5.11 Å². The number of carbonyl (C=O) groups is 1. The largest absolute Gasteiger partial charge is 0.494 e. The summed E-state index contributed by atoms with van der Waals surface area (Å²) in [6.45, 7) is 1.41. The van der Waals surface area contributed by atoms with Gasteiger partial charge in [0.1, 0.15) is 30.5 Å². The molecular formula is C30H34N2O4S. The lowest BCUT2D eigenvalue weighted by molar-refractivity contribution is 0.0972. The fraction of sp³-hybridized carbons (Fsp3) is 0.333. The first-order chi connectivity index (χ1) is 18.2. The highest BCUT2D eigenvalue weighted by molar-refractivity contribution is 7.80. The van der Waals surface area contributed by atoms with Crippen molar-refractivity contribution in [2.45, 2.75) is 38.5 Å². The lowest BCUT2D eigenvalue weighted by Gasteiger charge is -2.21. The third-order valence-corrected chi connectivity index (χ3v) is 6.55. The molecule has 0 radical (unpaired) electrons. The molecule has 0 aliphatic heterocycles. The molecule has 3 aromatic rings. The molecule has 1 saturated carbocycles. The van der Waals surface area contributed by atoms with Gasteiger partial charge in [0.2, 0.25) is 0 Å². The minimum atomic E-state index is -0.347. The van der Waals surface area contributed by atoms with Gasteiger partial charge >= 0.3 is 0 Å². The highest BCUT2D eigenvalue weighted by Gasteiger charge is 2.15. The number of hydrogen-bond acceptors (Lipinski definition) is 5. The maximum absolute atomic E-state index is 12.9. The summed E-state index contributed by atoms with van der Waals surface area (Å²) >= 11 is 5.36.